The van der Waals surface area contributed by atoms with Crippen LogP contribution < -0.4 is 15.4 Å². The van der Waals surface area contributed by atoms with Crippen molar-refractivity contribution in [3.63, 3.8) is 0 Å². The molecule has 3 rings (SSSR count). The molecule has 0 bridgehead atoms. The van der Waals surface area contributed by atoms with Gasteiger partial charge in [-0.3, -0.25) is 0 Å². The molecule has 1 aromatic heterocycles. The summed E-state index contributed by atoms with van der Waals surface area (Å²) in [5.41, 5.74) is 5.73. The molecule has 0 saturated heterocycles. The van der Waals surface area contributed by atoms with E-state index in [0.29, 0.717) is 22.3 Å². The molecule has 2 aromatic rings. The summed E-state index contributed by atoms with van der Waals surface area (Å²) in [5.74, 6) is 2.22. The number of benzene rings is 1. The number of ether oxygens (including phenoxy) is 1. The van der Waals surface area contributed by atoms with Crippen molar-refractivity contribution in [2.45, 2.75) is 18.9 Å². The maximum atomic E-state index is 9.41. The molecule has 1 aliphatic carbocycles. The first kappa shape index (κ1) is 15.8. The zero-order chi connectivity index (χ0) is 16.4. The maximum absolute atomic E-state index is 9.41. The van der Waals surface area contributed by atoms with Crippen molar-refractivity contribution in [2.75, 3.05) is 24.3 Å². The summed E-state index contributed by atoms with van der Waals surface area (Å²) in [4.78, 5) is 10.3. The predicted molar refractivity (Wildman–Crippen MR) is 90.0 cm³/mol. The number of hydrogen-bond acceptors (Lipinski definition) is 6. The standard InChI is InChI=1S/C16H19ClN4O2/c1-21(13-7-2-10(13)9-22)15-14(8-19-16(18)20-15)23-12-5-3-11(17)4-6-12/h3-6,8,10,13,22H,2,7,9H2,1H3,(H2,18,19,20). The fourth-order valence-electron chi connectivity index (χ4n) is 2.76. The SMILES string of the molecule is CN(c1nc(N)ncc1Oc1ccc(Cl)cc1)C1CCC1CO. The highest BCUT2D eigenvalue weighted by Crippen LogP contribution is 2.38. The number of rotatable bonds is 5. The van der Waals surface area contributed by atoms with Gasteiger partial charge in [0.2, 0.25) is 5.95 Å². The molecule has 0 spiro atoms. The molecule has 1 fully saturated rings. The predicted octanol–water partition coefficient (Wildman–Crippen LogP) is 2.71. The van der Waals surface area contributed by atoms with Crippen molar-refractivity contribution >= 4 is 23.4 Å². The molecular weight excluding hydrogens is 316 g/mol. The Morgan fingerprint density at radius 2 is 2.09 bits per heavy atom. The second-order valence-electron chi connectivity index (χ2n) is 5.67. The fraction of sp³-hybridized carbons (Fsp3) is 0.375. The molecule has 23 heavy (non-hydrogen) atoms. The Kier molecular flexibility index (Phi) is 4.54. The Labute approximate surface area is 139 Å². The number of nitrogens with zero attached hydrogens (tertiary/aromatic N) is 3. The second-order valence-corrected chi connectivity index (χ2v) is 6.11. The summed E-state index contributed by atoms with van der Waals surface area (Å²) in [6.07, 6.45) is 3.58. The zero-order valence-electron chi connectivity index (χ0n) is 12.8. The van der Waals surface area contributed by atoms with Crippen molar-refractivity contribution in [2.24, 2.45) is 5.92 Å². The summed E-state index contributed by atoms with van der Waals surface area (Å²) in [6, 6.07) is 7.30. The van der Waals surface area contributed by atoms with Gasteiger partial charge in [-0.1, -0.05) is 11.6 Å². The molecule has 1 aromatic carbocycles. The highest BCUT2D eigenvalue weighted by molar-refractivity contribution is 6.30. The molecule has 1 saturated carbocycles. The lowest BCUT2D eigenvalue weighted by molar-refractivity contribution is 0.134. The van der Waals surface area contributed by atoms with Crippen LogP contribution in [0.25, 0.3) is 0 Å². The quantitative estimate of drug-likeness (QED) is 0.874. The summed E-state index contributed by atoms with van der Waals surface area (Å²) < 4.78 is 5.88. The van der Waals surface area contributed by atoms with Gasteiger partial charge in [0.05, 0.1) is 6.20 Å². The van der Waals surface area contributed by atoms with Gasteiger partial charge in [0.1, 0.15) is 5.75 Å². The smallest absolute Gasteiger partial charge is 0.222 e. The minimum Gasteiger partial charge on any atom is -0.452 e. The first-order valence-corrected chi connectivity index (χ1v) is 7.86. The molecule has 6 nitrogen and oxygen atoms in total. The third kappa shape index (κ3) is 3.33. The average molecular weight is 335 g/mol. The minimum atomic E-state index is 0.170. The van der Waals surface area contributed by atoms with Gasteiger partial charge in [-0.25, -0.2) is 4.98 Å². The van der Waals surface area contributed by atoms with Crippen LogP contribution in [0.1, 0.15) is 12.8 Å². The molecule has 0 amide bonds. The lowest BCUT2D eigenvalue weighted by atomic mass is 9.79. The molecular formula is C16H19ClN4O2. The number of aliphatic hydroxyl groups is 1. The van der Waals surface area contributed by atoms with Crippen LogP contribution in [0.4, 0.5) is 11.8 Å². The third-order valence-corrected chi connectivity index (χ3v) is 4.49. The number of nitrogen functional groups attached to an aromatic ring is 1. The van der Waals surface area contributed by atoms with E-state index in [1.807, 2.05) is 11.9 Å². The summed E-state index contributed by atoms with van der Waals surface area (Å²) in [6.45, 7) is 0.170. The number of halogens is 1. The molecule has 2 atom stereocenters. The summed E-state index contributed by atoms with van der Waals surface area (Å²) >= 11 is 5.89. The van der Waals surface area contributed by atoms with E-state index >= 15 is 0 Å². The summed E-state index contributed by atoms with van der Waals surface area (Å²) in [5, 5.41) is 10.1. The number of aromatic nitrogens is 2. The number of aliphatic hydroxyl groups excluding tert-OH is 1. The van der Waals surface area contributed by atoms with Crippen LogP contribution in [-0.4, -0.2) is 34.8 Å². The topological polar surface area (TPSA) is 84.5 Å². The normalized spacial score (nSPS) is 20.0. The van der Waals surface area contributed by atoms with Gasteiger partial charge >= 0.3 is 0 Å². The van der Waals surface area contributed by atoms with Crippen LogP contribution in [0, 0.1) is 5.92 Å². The van der Waals surface area contributed by atoms with E-state index < -0.39 is 0 Å². The van der Waals surface area contributed by atoms with Gasteiger partial charge in [0.15, 0.2) is 11.6 Å². The van der Waals surface area contributed by atoms with E-state index in [9.17, 15) is 5.11 Å². The van der Waals surface area contributed by atoms with E-state index in [0.717, 1.165) is 12.8 Å². The van der Waals surface area contributed by atoms with Crippen LogP contribution in [-0.2, 0) is 0 Å². The Morgan fingerprint density at radius 1 is 1.35 bits per heavy atom. The zero-order valence-corrected chi connectivity index (χ0v) is 13.6. The monoisotopic (exact) mass is 334 g/mol. The van der Waals surface area contributed by atoms with E-state index in [2.05, 4.69) is 9.97 Å². The Morgan fingerprint density at radius 3 is 2.70 bits per heavy atom. The largest absolute Gasteiger partial charge is 0.452 e. The van der Waals surface area contributed by atoms with Gasteiger partial charge < -0.3 is 20.5 Å². The van der Waals surface area contributed by atoms with Crippen molar-refractivity contribution in [1.29, 1.82) is 0 Å². The highest BCUT2D eigenvalue weighted by Gasteiger charge is 2.35. The summed E-state index contributed by atoms with van der Waals surface area (Å²) in [7, 11) is 1.93. The van der Waals surface area contributed by atoms with Gasteiger partial charge in [-0.15, -0.1) is 0 Å². The van der Waals surface area contributed by atoms with Crippen LogP contribution in [0.2, 0.25) is 5.02 Å². The van der Waals surface area contributed by atoms with E-state index in [1.54, 1.807) is 30.5 Å². The first-order chi connectivity index (χ1) is 11.1. The van der Waals surface area contributed by atoms with E-state index in [4.69, 9.17) is 22.1 Å². The molecule has 2 unspecified atom stereocenters. The number of anilines is 2. The lowest BCUT2D eigenvalue weighted by Crippen LogP contribution is -2.47. The van der Waals surface area contributed by atoms with Crippen molar-refractivity contribution in [3.8, 4) is 11.5 Å². The van der Waals surface area contributed by atoms with E-state index in [1.165, 1.54) is 0 Å². The first-order valence-electron chi connectivity index (χ1n) is 7.48. The Balaban J connectivity index is 1.87. The molecule has 1 heterocycles. The fourth-order valence-corrected chi connectivity index (χ4v) is 2.89. The van der Waals surface area contributed by atoms with Gasteiger partial charge in [0.25, 0.3) is 0 Å². The third-order valence-electron chi connectivity index (χ3n) is 4.24. The minimum absolute atomic E-state index is 0.170. The Bertz CT molecular complexity index is 678. The van der Waals surface area contributed by atoms with Gasteiger partial charge in [0, 0.05) is 30.6 Å². The van der Waals surface area contributed by atoms with Crippen LogP contribution >= 0.6 is 11.6 Å². The van der Waals surface area contributed by atoms with Crippen LogP contribution in [0.5, 0.6) is 11.5 Å². The number of hydrogen-bond donors (Lipinski definition) is 2. The van der Waals surface area contributed by atoms with E-state index in [-0.39, 0.29) is 24.5 Å². The van der Waals surface area contributed by atoms with Crippen molar-refractivity contribution in [1.82, 2.24) is 9.97 Å². The Hall–Kier alpha value is -2.05. The van der Waals surface area contributed by atoms with Gasteiger partial charge in [-0.2, -0.15) is 4.98 Å². The molecule has 1 aliphatic rings. The average Bonchev–Trinajstić information content (AvgIpc) is 2.50. The molecule has 7 heteroatoms. The maximum Gasteiger partial charge on any atom is 0.222 e. The van der Waals surface area contributed by atoms with Crippen LogP contribution in [0.15, 0.2) is 30.5 Å². The lowest BCUT2D eigenvalue weighted by Gasteiger charge is -2.42. The molecule has 0 aliphatic heterocycles. The molecule has 3 N–H and O–H groups in total. The van der Waals surface area contributed by atoms with Crippen LogP contribution in [0.3, 0.4) is 0 Å². The van der Waals surface area contributed by atoms with Crippen molar-refractivity contribution < 1.29 is 9.84 Å². The van der Waals surface area contributed by atoms with Crippen molar-refractivity contribution in [3.05, 3.63) is 35.5 Å². The highest BCUT2D eigenvalue weighted by atomic mass is 35.5. The molecule has 0 radical (unpaired) electrons. The second kappa shape index (κ2) is 6.60. The molecule has 122 valence electrons. The van der Waals surface area contributed by atoms with Gasteiger partial charge in [-0.05, 0) is 37.1 Å². The number of nitrogens with two attached hydrogens (primary N) is 1.